The van der Waals surface area contributed by atoms with Crippen molar-refractivity contribution in [2.75, 3.05) is 12.3 Å². The Morgan fingerprint density at radius 1 is 1.12 bits per heavy atom. The molecule has 1 N–H and O–H groups in total. The topological polar surface area (TPSA) is 32.3 Å². The highest BCUT2D eigenvalue weighted by Crippen LogP contribution is 2.38. The maximum absolute atomic E-state index is 12.6. The van der Waals surface area contributed by atoms with Crippen LogP contribution in [-0.2, 0) is 12.0 Å². The van der Waals surface area contributed by atoms with E-state index in [9.17, 15) is 4.79 Å². The van der Waals surface area contributed by atoms with Gasteiger partial charge in [-0.2, -0.15) is 0 Å². The first kappa shape index (κ1) is 17.9. The molecule has 1 saturated heterocycles. The predicted octanol–water partition coefficient (Wildman–Crippen LogP) is 4.94. The van der Waals surface area contributed by atoms with Crippen LogP contribution < -0.4 is 5.32 Å². The molecule has 1 aliphatic heterocycles. The van der Waals surface area contributed by atoms with Crippen LogP contribution in [0, 0.1) is 0 Å². The van der Waals surface area contributed by atoms with Crippen LogP contribution in [0.15, 0.2) is 54.6 Å². The van der Waals surface area contributed by atoms with Gasteiger partial charge >= 0.3 is 6.03 Å². The summed E-state index contributed by atoms with van der Waals surface area (Å²) in [4.78, 5) is 14.6. The maximum Gasteiger partial charge on any atom is 0.318 e. The average Bonchev–Trinajstić information content (AvgIpc) is 3.10. The lowest BCUT2D eigenvalue weighted by Crippen LogP contribution is -2.39. The van der Waals surface area contributed by atoms with Crippen LogP contribution in [0.3, 0.4) is 0 Å². The van der Waals surface area contributed by atoms with Gasteiger partial charge in [-0.15, -0.1) is 11.8 Å². The van der Waals surface area contributed by atoms with Crippen LogP contribution >= 0.6 is 11.8 Å². The zero-order chi connectivity index (χ0) is 17.9. The number of urea groups is 1. The van der Waals surface area contributed by atoms with Gasteiger partial charge in [-0.05, 0) is 22.1 Å². The first-order valence-electron chi connectivity index (χ1n) is 8.75. The predicted molar refractivity (Wildman–Crippen MR) is 106 cm³/mol. The Balaban J connectivity index is 1.66. The first-order chi connectivity index (χ1) is 11.9. The summed E-state index contributed by atoms with van der Waals surface area (Å²) in [6.45, 7) is 8.01. The number of thioether (sulfide) groups is 1. The molecule has 1 unspecified atom stereocenters. The minimum absolute atomic E-state index is 0.0127. The molecule has 1 fully saturated rings. The van der Waals surface area contributed by atoms with Crippen molar-refractivity contribution in [2.24, 2.45) is 0 Å². The van der Waals surface area contributed by atoms with Crippen molar-refractivity contribution in [3.05, 3.63) is 71.3 Å². The van der Waals surface area contributed by atoms with Gasteiger partial charge in [-0.3, -0.25) is 0 Å². The number of hydrogen-bond acceptors (Lipinski definition) is 2. The van der Waals surface area contributed by atoms with Gasteiger partial charge in [0.2, 0.25) is 0 Å². The van der Waals surface area contributed by atoms with E-state index in [4.69, 9.17) is 0 Å². The van der Waals surface area contributed by atoms with Crippen LogP contribution in [0.5, 0.6) is 0 Å². The summed E-state index contributed by atoms with van der Waals surface area (Å²) < 4.78 is 0. The van der Waals surface area contributed by atoms with Gasteiger partial charge in [0.1, 0.15) is 5.37 Å². The van der Waals surface area contributed by atoms with Crippen LogP contribution in [0.25, 0.3) is 0 Å². The fourth-order valence-corrected chi connectivity index (χ4v) is 4.23. The van der Waals surface area contributed by atoms with Crippen molar-refractivity contribution < 1.29 is 4.79 Å². The summed E-state index contributed by atoms with van der Waals surface area (Å²) in [5.41, 5.74) is 3.78. The maximum atomic E-state index is 12.6. The number of rotatable bonds is 3. The van der Waals surface area contributed by atoms with Crippen molar-refractivity contribution in [1.29, 1.82) is 0 Å². The van der Waals surface area contributed by atoms with Crippen LogP contribution in [0.4, 0.5) is 4.79 Å². The number of nitrogens with zero attached hydrogens (tertiary/aromatic N) is 1. The number of benzene rings is 2. The Kier molecular flexibility index (Phi) is 5.38. The number of carbonyl (C=O) groups is 1. The summed E-state index contributed by atoms with van der Waals surface area (Å²) in [5, 5.41) is 3.15. The van der Waals surface area contributed by atoms with Gasteiger partial charge in [0, 0.05) is 18.8 Å². The molecular weight excluding hydrogens is 328 g/mol. The average molecular weight is 355 g/mol. The summed E-state index contributed by atoms with van der Waals surface area (Å²) in [6.07, 6.45) is 0. The third-order valence-electron chi connectivity index (χ3n) is 4.50. The molecule has 0 bridgehead atoms. The minimum atomic E-state index is 0.0127. The van der Waals surface area contributed by atoms with Crippen molar-refractivity contribution in [3.8, 4) is 0 Å². The van der Waals surface area contributed by atoms with Crippen molar-refractivity contribution in [1.82, 2.24) is 10.2 Å². The Hall–Kier alpha value is -1.94. The number of hydrogen-bond donors (Lipinski definition) is 1. The van der Waals surface area contributed by atoms with E-state index in [1.807, 2.05) is 47.0 Å². The highest BCUT2D eigenvalue weighted by Gasteiger charge is 2.30. The fourth-order valence-electron chi connectivity index (χ4n) is 2.98. The van der Waals surface area contributed by atoms with Gasteiger partial charge in [-0.25, -0.2) is 4.79 Å². The summed E-state index contributed by atoms with van der Waals surface area (Å²) >= 11 is 1.83. The lowest BCUT2D eigenvalue weighted by Gasteiger charge is -2.25. The van der Waals surface area contributed by atoms with Crippen molar-refractivity contribution in [2.45, 2.75) is 38.1 Å². The fraction of sp³-hybridized carbons (Fsp3) is 0.381. The Bertz CT molecular complexity index is 707. The molecule has 1 aliphatic rings. The van der Waals surface area contributed by atoms with Crippen LogP contribution in [-0.4, -0.2) is 23.2 Å². The molecule has 0 radical (unpaired) electrons. The molecule has 0 aromatic heterocycles. The molecule has 3 rings (SSSR count). The quantitative estimate of drug-likeness (QED) is 0.846. The smallest absolute Gasteiger partial charge is 0.318 e. The largest absolute Gasteiger partial charge is 0.334 e. The lowest BCUT2D eigenvalue weighted by atomic mass is 9.87. The van der Waals surface area contributed by atoms with Crippen molar-refractivity contribution in [3.63, 3.8) is 0 Å². The highest BCUT2D eigenvalue weighted by molar-refractivity contribution is 7.99. The standard InChI is InChI=1S/C21H26N2OS/c1-21(2,3)18-11-9-17(10-12-18)19-23(13-14-25-19)20(24)22-15-16-7-5-4-6-8-16/h4-12,19H,13-15H2,1-3H3,(H,22,24). The second kappa shape index (κ2) is 7.52. The highest BCUT2D eigenvalue weighted by atomic mass is 32.2. The van der Waals surface area contributed by atoms with Gasteiger partial charge in [-0.1, -0.05) is 75.4 Å². The minimum Gasteiger partial charge on any atom is -0.334 e. The Labute approximate surface area is 154 Å². The second-order valence-corrected chi connectivity index (χ2v) is 8.62. The van der Waals surface area contributed by atoms with E-state index in [-0.39, 0.29) is 16.8 Å². The molecule has 1 atom stereocenters. The van der Waals surface area contributed by atoms with Gasteiger partial charge < -0.3 is 10.2 Å². The molecule has 4 heteroatoms. The van der Waals surface area contributed by atoms with E-state index in [1.165, 1.54) is 11.1 Å². The van der Waals surface area contributed by atoms with E-state index < -0.39 is 0 Å². The van der Waals surface area contributed by atoms with Crippen LogP contribution in [0.1, 0.15) is 42.8 Å². The van der Waals surface area contributed by atoms with Gasteiger partial charge in [0.05, 0.1) is 0 Å². The van der Waals surface area contributed by atoms with E-state index in [0.717, 1.165) is 17.9 Å². The van der Waals surface area contributed by atoms with Crippen molar-refractivity contribution >= 4 is 17.8 Å². The molecule has 1 heterocycles. The molecule has 2 aromatic carbocycles. The van der Waals surface area contributed by atoms with Gasteiger partial charge in [0.25, 0.3) is 0 Å². The first-order valence-corrected chi connectivity index (χ1v) is 9.80. The third kappa shape index (κ3) is 4.37. The summed E-state index contributed by atoms with van der Waals surface area (Å²) in [7, 11) is 0. The van der Waals surface area contributed by atoms with E-state index in [2.05, 4.69) is 50.4 Å². The number of amides is 2. The Morgan fingerprint density at radius 2 is 1.80 bits per heavy atom. The lowest BCUT2D eigenvalue weighted by molar-refractivity contribution is 0.200. The van der Waals surface area contributed by atoms with E-state index >= 15 is 0 Å². The molecule has 3 nitrogen and oxygen atoms in total. The molecule has 25 heavy (non-hydrogen) atoms. The molecular formula is C21H26N2OS. The molecule has 0 aliphatic carbocycles. The van der Waals surface area contributed by atoms with Gasteiger partial charge in [0.15, 0.2) is 0 Å². The third-order valence-corrected chi connectivity index (χ3v) is 5.76. The molecule has 0 saturated carbocycles. The van der Waals surface area contributed by atoms with Crippen LogP contribution in [0.2, 0.25) is 0 Å². The normalized spacial score (nSPS) is 17.6. The number of carbonyl (C=O) groups excluding carboxylic acids is 1. The summed E-state index contributed by atoms with van der Waals surface area (Å²) in [6, 6.07) is 18.8. The molecule has 132 valence electrons. The molecule has 0 spiro atoms. The summed E-state index contributed by atoms with van der Waals surface area (Å²) in [5.74, 6) is 0.977. The monoisotopic (exact) mass is 354 g/mol. The zero-order valence-electron chi connectivity index (χ0n) is 15.2. The second-order valence-electron chi connectivity index (χ2n) is 7.43. The molecule has 2 aromatic rings. The van der Waals surface area contributed by atoms with E-state index in [0.29, 0.717) is 6.54 Å². The zero-order valence-corrected chi connectivity index (χ0v) is 16.0. The molecule has 2 amide bonds. The number of nitrogens with one attached hydrogen (secondary N) is 1. The Morgan fingerprint density at radius 3 is 2.44 bits per heavy atom. The SMILES string of the molecule is CC(C)(C)c1ccc(C2SCCN2C(=O)NCc2ccccc2)cc1. The van der Waals surface area contributed by atoms with E-state index in [1.54, 1.807) is 0 Å².